The minimum absolute atomic E-state index is 0.0420. The van der Waals surface area contributed by atoms with Crippen LogP contribution in [-0.4, -0.2) is 20.2 Å². The molecule has 4 nitrogen and oxygen atoms in total. The summed E-state index contributed by atoms with van der Waals surface area (Å²) in [5.41, 5.74) is 0.920. The normalized spacial score (nSPS) is 10.0. The van der Waals surface area contributed by atoms with E-state index in [0.29, 0.717) is 17.1 Å². The third-order valence-corrected chi connectivity index (χ3v) is 2.92. The summed E-state index contributed by atoms with van der Waals surface area (Å²) in [5, 5.41) is 0. The predicted octanol–water partition coefficient (Wildman–Crippen LogP) is 3.20. The molecule has 0 amide bonds. The number of carbonyl (C=O) groups excluding carboxylic acids is 1. The highest BCUT2D eigenvalue weighted by Gasteiger charge is 2.19. The van der Waals surface area contributed by atoms with Crippen LogP contribution >= 0.6 is 0 Å². The van der Waals surface area contributed by atoms with Gasteiger partial charge in [0.05, 0.1) is 14.2 Å². The minimum Gasteiger partial charge on any atom is -0.496 e. The summed E-state index contributed by atoms with van der Waals surface area (Å²) in [6.07, 6.45) is 0. The van der Waals surface area contributed by atoms with Crippen molar-refractivity contribution in [1.82, 2.24) is 0 Å². The van der Waals surface area contributed by atoms with E-state index in [1.54, 1.807) is 30.3 Å². The maximum atomic E-state index is 12.8. The Morgan fingerprint density at radius 2 is 1.57 bits per heavy atom. The number of carbonyl (C=O) groups is 1. The molecule has 5 heteroatoms. The molecule has 110 valence electrons. The van der Waals surface area contributed by atoms with Gasteiger partial charge in [-0.2, -0.15) is 0 Å². The predicted molar refractivity (Wildman–Crippen MR) is 75.1 cm³/mol. The highest BCUT2D eigenvalue weighted by molar-refractivity contribution is 5.95. The molecule has 21 heavy (non-hydrogen) atoms. The topological polar surface area (TPSA) is 44.8 Å². The lowest BCUT2D eigenvalue weighted by Crippen LogP contribution is -2.09. The second-order valence-electron chi connectivity index (χ2n) is 4.24. The molecule has 0 aliphatic heterocycles. The lowest BCUT2D eigenvalue weighted by atomic mass is 10.1. The largest absolute Gasteiger partial charge is 0.496 e. The van der Waals surface area contributed by atoms with Gasteiger partial charge in [0.25, 0.3) is 0 Å². The van der Waals surface area contributed by atoms with E-state index in [2.05, 4.69) is 0 Å². The Morgan fingerprint density at radius 3 is 2.10 bits per heavy atom. The average Bonchev–Trinajstić information content (AvgIpc) is 2.53. The van der Waals surface area contributed by atoms with Crippen molar-refractivity contribution in [3.63, 3.8) is 0 Å². The molecule has 0 aliphatic carbocycles. The Bertz CT molecular complexity index is 600. The highest BCUT2D eigenvalue weighted by Crippen LogP contribution is 2.29. The minimum atomic E-state index is -0.561. The van der Waals surface area contributed by atoms with Crippen molar-refractivity contribution < 1.29 is 23.4 Å². The first-order valence-electron chi connectivity index (χ1n) is 6.28. The Hall–Kier alpha value is -2.56. The molecule has 0 fully saturated rings. The molecule has 2 aromatic carbocycles. The van der Waals surface area contributed by atoms with Gasteiger partial charge in [-0.1, -0.05) is 18.2 Å². The molecule has 0 saturated carbocycles. The van der Waals surface area contributed by atoms with E-state index >= 15 is 0 Å². The molecular weight excluding hydrogens is 275 g/mol. The molecule has 0 atom stereocenters. The smallest absolute Gasteiger partial charge is 0.346 e. The molecule has 0 saturated heterocycles. The van der Waals surface area contributed by atoms with Crippen LogP contribution < -0.4 is 9.47 Å². The van der Waals surface area contributed by atoms with Gasteiger partial charge >= 0.3 is 5.97 Å². The Morgan fingerprint density at radius 1 is 1.00 bits per heavy atom. The lowest BCUT2D eigenvalue weighted by molar-refractivity contribution is 0.0465. The van der Waals surface area contributed by atoms with Crippen molar-refractivity contribution in [3.8, 4) is 11.5 Å². The summed E-state index contributed by atoms with van der Waals surface area (Å²) in [7, 11) is 2.93. The van der Waals surface area contributed by atoms with E-state index in [-0.39, 0.29) is 18.0 Å². The summed E-state index contributed by atoms with van der Waals surface area (Å²) in [6.45, 7) is 0.0420. The summed E-state index contributed by atoms with van der Waals surface area (Å²) < 4.78 is 28.3. The van der Waals surface area contributed by atoms with Crippen LogP contribution in [0.4, 0.5) is 4.39 Å². The van der Waals surface area contributed by atoms with E-state index in [0.717, 1.165) is 0 Å². The fourth-order valence-electron chi connectivity index (χ4n) is 1.85. The van der Waals surface area contributed by atoms with Crippen molar-refractivity contribution in [2.75, 3.05) is 14.2 Å². The molecule has 0 heterocycles. The van der Waals surface area contributed by atoms with Gasteiger partial charge in [0.15, 0.2) is 0 Å². The molecule has 0 bridgehead atoms. The Balaban J connectivity index is 2.15. The van der Waals surface area contributed by atoms with Crippen LogP contribution in [0.15, 0.2) is 42.5 Å². The number of hydrogen-bond donors (Lipinski definition) is 0. The monoisotopic (exact) mass is 290 g/mol. The molecule has 0 aromatic heterocycles. The summed E-state index contributed by atoms with van der Waals surface area (Å²) >= 11 is 0. The van der Waals surface area contributed by atoms with E-state index in [9.17, 15) is 9.18 Å². The van der Waals surface area contributed by atoms with Crippen LogP contribution in [0.2, 0.25) is 0 Å². The molecule has 2 aromatic rings. The van der Waals surface area contributed by atoms with Gasteiger partial charge in [-0.3, -0.25) is 0 Å². The summed E-state index contributed by atoms with van der Waals surface area (Å²) in [6, 6.07) is 10.8. The van der Waals surface area contributed by atoms with Crippen molar-refractivity contribution in [1.29, 1.82) is 0 Å². The van der Waals surface area contributed by atoms with Crippen LogP contribution in [0.5, 0.6) is 11.5 Å². The van der Waals surface area contributed by atoms with Gasteiger partial charge in [-0.15, -0.1) is 0 Å². The molecule has 0 aliphatic rings. The van der Waals surface area contributed by atoms with Gasteiger partial charge in [0, 0.05) is 0 Å². The first kappa shape index (κ1) is 14.8. The first-order chi connectivity index (χ1) is 10.2. The summed E-state index contributed by atoms with van der Waals surface area (Å²) in [5.74, 6) is -0.151. The van der Waals surface area contributed by atoms with Crippen molar-refractivity contribution >= 4 is 5.97 Å². The molecule has 0 spiro atoms. The second-order valence-corrected chi connectivity index (χ2v) is 4.24. The van der Waals surface area contributed by atoms with E-state index in [1.807, 2.05) is 0 Å². The highest BCUT2D eigenvalue weighted by atomic mass is 19.1. The zero-order valence-corrected chi connectivity index (χ0v) is 11.8. The average molecular weight is 290 g/mol. The van der Waals surface area contributed by atoms with Crippen LogP contribution in [0.1, 0.15) is 15.9 Å². The van der Waals surface area contributed by atoms with Crippen LogP contribution in [-0.2, 0) is 11.3 Å². The quantitative estimate of drug-likeness (QED) is 0.793. The van der Waals surface area contributed by atoms with Gasteiger partial charge in [-0.05, 0) is 29.8 Å². The number of benzene rings is 2. The van der Waals surface area contributed by atoms with Crippen molar-refractivity contribution in [2.45, 2.75) is 6.61 Å². The Kier molecular flexibility index (Phi) is 4.77. The first-order valence-corrected chi connectivity index (χ1v) is 6.28. The third-order valence-electron chi connectivity index (χ3n) is 2.92. The van der Waals surface area contributed by atoms with Gasteiger partial charge in [-0.25, -0.2) is 9.18 Å². The molecule has 0 unspecified atom stereocenters. The zero-order chi connectivity index (χ0) is 15.2. The maximum absolute atomic E-state index is 12.8. The molecular formula is C16H15FO4. The van der Waals surface area contributed by atoms with Crippen LogP contribution in [0.3, 0.4) is 0 Å². The number of ether oxygens (including phenoxy) is 3. The van der Waals surface area contributed by atoms with Gasteiger partial charge in [0.1, 0.15) is 29.5 Å². The fraction of sp³-hybridized carbons (Fsp3) is 0.188. The standard InChI is InChI=1S/C16H15FO4/c1-19-13-4-3-5-14(20-2)15(13)16(18)21-10-11-6-8-12(17)9-7-11/h3-9H,10H2,1-2H3. The summed E-state index contributed by atoms with van der Waals surface area (Å²) in [4.78, 5) is 12.2. The molecule has 0 N–H and O–H groups in total. The van der Waals surface area contributed by atoms with Gasteiger partial charge < -0.3 is 14.2 Å². The molecule has 0 radical (unpaired) electrons. The van der Waals surface area contributed by atoms with Crippen LogP contribution in [0.25, 0.3) is 0 Å². The second kappa shape index (κ2) is 6.74. The van der Waals surface area contributed by atoms with Gasteiger partial charge in [0.2, 0.25) is 0 Å². The van der Waals surface area contributed by atoms with Crippen LogP contribution in [0, 0.1) is 5.82 Å². The number of esters is 1. The SMILES string of the molecule is COc1cccc(OC)c1C(=O)OCc1ccc(F)cc1. The lowest BCUT2D eigenvalue weighted by Gasteiger charge is -2.12. The van der Waals surface area contributed by atoms with Crippen molar-refractivity contribution in [2.24, 2.45) is 0 Å². The third kappa shape index (κ3) is 3.51. The van der Waals surface area contributed by atoms with Crippen molar-refractivity contribution in [3.05, 3.63) is 59.4 Å². The number of methoxy groups -OCH3 is 2. The molecule has 2 rings (SSSR count). The van der Waals surface area contributed by atoms with E-state index in [1.165, 1.54) is 26.4 Å². The zero-order valence-electron chi connectivity index (χ0n) is 11.8. The Labute approximate surface area is 122 Å². The maximum Gasteiger partial charge on any atom is 0.346 e. The number of rotatable bonds is 5. The van der Waals surface area contributed by atoms with E-state index < -0.39 is 5.97 Å². The van der Waals surface area contributed by atoms with E-state index in [4.69, 9.17) is 14.2 Å². The number of halogens is 1. The number of hydrogen-bond acceptors (Lipinski definition) is 4. The fourth-order valence-corrected chi connectivity index (χ4v) is 1.85.